The van der Waals surface area contributed by atoms with Gasteiger partial charge in [-0.2, -0.15) is 13.2 Å². The summed E-state index contributed by atoms with van der Waals surface area (Å²) in [5.74, 6) is -0.686. The van der Waals surface area contributed by atoms with Crippen molar-refractivity contribution in [3.8, 4) is 0 Å². The summed E-state index contributed by atoms with van der Waals surface area (Å²) in [4.78, 5) is 26.2. The summed E-state index contributed by atoms with van der Waals surface area (Å²) in [6.07, 6.45) is -3.10. The molecule has 0 bridgehead atoms. The molecule has 4 rings (SSSR count). The summed E-state index contributed by atoms with van der Waals surface area (Å²) in [6.45, 7) is -0.0118. The summed E-state index contributed by atoms with van der Waals surface area (Å²) in [5, 5.41) is 3.44. The van der Waals surface area contributed by atoms with Gasteiger partial charge in [0.05, 0.1) is 17.2 Å². The molecule has 0 spiro atoms. The number of para-hydroxylation sites is 1. The van der Waals surface area contributed by atoms with Gasteiger partial charge in [0.1, 0.15) is 11.8 Å². The van der Waals surface area contributed by atoms with Gasteiger partial charge in [-0.3, -0.25) is 9.59 Å². The van der Waals surface area contributed by atoms with Crippen LogP contribution < -0.4 is 5.32 Å². The van der Waals surface area contributed by atoms with Crippen LogP contribution in [-0.2, 0) is 17.5 Å². The minimum atomic E-state index is -4.49. The predicted molar refractivity (Wildman–Crippen MR) is 98.9 cm³/mol. The van der Waals surface area contributed by atoms with Gasteiger partial charge in [0.25, 0.3) is 5.91 Å². The van der Waals surface area contributed by atoms with Gasteiger partial charge in [-0.05, 0) is 17.7 Å². The molecule has 1 aromatic heterocycles. The maximum atomic E-state index is 13.2. The van der Waals surface area contributed by atoms with Crippen LogP contribution in [0.5, 0.6) is 0 Å². The number of furan rings is 1. The highest BCUT2D eigenvalue weighted by Gasteiger charge is 2.36. The third kappa shape index (κ3) is 3.83. The smallest absolute Gasteiger partial charge is 0.416 e. The number of benzene rings is 2. The Labute approximate surface area is 164 Å². The van der Waals surface area contributed by atoms with E-state index in [0.717, 1.165) is 6.07 Å². The third-order valence-corrected chi connectivity index (χ3v) is 4.96. The van der Waals surface area contributed by atoms with E-state index in [1.165, 1.54) is 29.4 Å². The summed E-state index contributed by atoms with van der Waals surface area (Å²) in [6, 6.07) is 11.8. The third-order valence-electron chi connectivity index (χ3n) is 4.96. The first kappa shape index (κ1) is 19.0. The first-order valence-corrected chi connectivity index (χ1v) is 9.03. The number of nitrogens with one attached hydrogen (secondary N) is 1. The van der Waals surface area contributed by atoms with Crippen LogP contribution >= 0.6 is 0 Å². The van der Waals surface area contributed by atoms with Crippen LogP contribution in [0.3, 0.4) is 0 Å². The Bertz CT molecular complexity index is 1070. The van der Waals surface area contributed by atoms with Crippen LogP contribution in [0.25, 0.3) is 11.0 Å². The number of hydrogen-bond acceptors (Lipinski definition) is 3. The molecule has 1 atom stereocenters. The molecule has 1 unspecified atom stereocenters. The standard InChI is InChI=1S/C21H17F3N2O3/c22-21(23,24)17-7-3-1-5-13(17)10-26-11-14(9-19(26)27)25-20(28)16-12-29-18-8-4-2-6-15(16)18/h1-8,12,14H,9-11H2,(H,25,28). The van der Waals surface area contributed by atoms with E-state index in [1.807, 2.05) is 0 Å². The van der Waals surface area contributed by atoms with Gasteiger partial charge >= 0.3 is 6.18 Å². The predicted octanol–water partition coefficient (Wildman–Crippen LogP) is 3.98. The Morgan fingerprint density at radius 3 is 2.66 bits per heavy atom. The lowest BCUT2D eigenvalue weighted by molar-refractivity contribution is -0.139. The molecule has 1 aliphatic heterocycles. The van der Waals surface area contributed by atoms with Crippen LogP contribution in [0, 0.1) is 0 Å². The first-order valence-electron chi connectivity index (χ1n) is 9.03. The van der Waals surface area contributed by atoms with Crippen LogP contribution in [0.2, 0.25) is 0 Å². The molecule has 29 heavy (non-hydrogen) atoms. The van der Waals surface area contributed by atoms with Gasteiger partial charge in [-0.25, -0.2) is 0 Å². The molecule has 1 N–H and O–H groups in total. The molecule has 2 aromatic carbocycles. The highest BCUT2D eigenvalue weighted by atomic mass is 19.4. The zero-order valence-corrected chi connectivity index (χ0v) is 15.2. The van der Waals surface area contributed by atoms with E-state index >= 15 is 0 Å². The normalized spacial score (nSPS) is 17.1. The molecule has 8 heteroatoms. The molecule has 3 aromatic rings. The Kier molecular flexibility index (Phi) is 4.77. The lowest BCUT2D eigenvalue weighted by atomic mass is 10.1. The number of fused-ring (bicyclic) bond motifs is 1. The molecule has 0 radical (unpaired) electrons. The van der Waals surface area contributed by atoms with Gasteiger partial charge in [-0.15, -0.1) is 0 Å². The molecule has 2 heterocycles. The molecular formula is C21H17F3N2O3. The molecule has 1 fully saturated rings. The van der Waals surface area contributed by atoms with Gasteiger partial charge in [0.15, 0.2) is 0 Å². The topological polar surface area (TPSA) is 62.6 Å². The van der Waals surface area contributed by atoms with E-state index in [1.54, 1.807) is 24.3 Å². The van der Waals surface area contributed by atoms with Crippen molar-refractivity contribution in [2.75, 3.05) is 6.54 Å². The second kappa shape index (κ2) is 7.27. The number of nitrogens with zero attached hydrogens (tertiary/aromatic N) is 1. The quantitative estimate of drug-likeness (QED) is 0.718. The second-order valence-corrected chi connectivity index (χ2v) is 6.95. The first-order chi connectivity index (χ1) is 13.8. The number of hydrogen-bond donors (Lipinski definition) is 1. The molecular weight excluding hydrogens is 385 g/mol. The number of carbonyl (C=O) groups is 2. The van der Waals surface area contributed by atoms with E-state index < -0.39 is 17.8 Å². The maximum Gasteiger partial charge on any atom is 0.416 e. The Morgan fingerprint density at radius 1 is 1.14 bits per heavy atom. The maximum absolute atomic E-state index is 13.2. The summed E-state index contributed by atoms with van der Waals surface area (Å²) in [7, 11) is 0. The van der Waals surface area contributed by atoms with Crippen molar-refractivity contribution >= 4 is 22.8 Å². The molecule has 0 aliphatic carbocycles. The van der Waals surface area contributed by atoms with Crippen molar-refractivity contribution in [2.24, 2.45) is 0 Å². The number of likely N-dealkylation sites (tertiary alicyclic amines) is 1. The van der Waals surface area contributed by atoms with E-state index in [0.29, 0.717) is 16.5 Å². The molecule has 1 saturated heterocycles. The minimum Gasteiger partial charge on any atom is -0.463 e. The molecule has 5 nitrogen and oxygen atoms in total. The SMILES string of the molecule is O=C(NC1CC(=O)N(Cc2ccccc2C(F)(F)F)C1)c1coc2ccccc12. The van der Waals surface area contributed by atoms with Crippen LogP contribution in [0.15, 0.2) is 59.2 Å². The average molecular weight is 402 g/mol. The van der Waals surface area contributed by atoms with Crippen LogP contribution in [0.1, 0.15) is 27.9 Å². The number of rotatable bonds is 4. The summed E-state index contributed by atoms with van der Waals surface area (Å²) in [5.41, 5.74) is 0.200. The lowest BCUT2D eigenvalue weighted by Crippen LogP contribution is -2.37. The fourth-order valence-electron chi connectivity index (χ4n) is 3.58. The summed E-state index contributed by atoms with van der Waals surface area (Å²) >= 11 is 0. The Hall–Kier alpha value is -3.29. The van der Waals surface area contributed by atoms with Gasteiger partial charge < -0.3 is 14.6 Å². The van der Waals surface area contributed by atoms with Crippen molar-refractivity contribution < 1.29 is 27.2 Å². The average Bonchev–Trinajstić information content (AvgIpc) is 3.25. The van der Waals surface area contributed by atoms with E-state index in [2.05, 4.69) is 5.32 Å². The van der Waals surface area contributed by atoms with Crippen molar-refractivity contribution in [3.05, 3.63) is 71.5 Å². The van der Waals surface area contributed by atoms with Crippen LogP contribution in [-0.4, -0.2) is 29.3 Å². The fourth-order valence-corrected chi connectivity index (χ4v) is 3.58. The number of alkyl halides is 3. The zero-order valence-electron chi connectivity index (χ0n) is 15.2. The number of amides is 2. The van der Waals surface area contributed by atoms with Crippen molar-refractivity contribution in [1.82, 2.24) is 10.2 Å². The monoisotopic (exact) mass is 402 g/mol. The van der Waals surface area contributed by atoms with Gasteiger partial charge in [0.2, 0.25) is 5.91 Å². The number of carbonyl (C=O) groups excluding carboxylic acids is 2. The van der Waals surface area contributed by atoms with E-state index in [4.69, 9.17) is 4.42 Å². The van der Waals surface area contributed by atoms with E-state index in [-0.39, 0.29) is 36.9 Å². The van der Waals surface area contributed by atoms with Crippen molar-refractivity contribution in [3.63, 3.8) is 0 Å². The minimum absolute atomic E-state index is 0.0288. The van der Waals surface area contributed by atoms with Crippen molar-refractivity contribution in [2.45, 2.75) is 25.2 Å². The second-order valence-electron chi connectivity index (χ2n) is 6.95. The lowest BCUT2D eigenvalue weighted by Gasteiger charge is -2.20. The number of halogens is 3. The fraction of sp³-hybridized carbons (Fsp3) is 0.238. The highest BCUT2D eigenvalue weighted by Crippen LogP contribution is 2.33. The molecule has 2 amide bonds. The van der Waals surface area contributed by atoms with Gasteiger partial charge in [0, 0.05) is 24.9 Å². The zero-order chi connectivity index (χ0) is 20.6. The molecule has 0 saturated carbocycles. The Morgan fingerprint density at radius 2 is 1.86 bits per heavy atom. The molecule has 1 aliphatic rings. The van der Waals surface area contributed by atoms with Crippen LogP contribution in [0.4, 0.5) is 13.2 Å². The largest absolute Gasteiger partial charge is 0.463 e. The Balaban J connectivity index is 1.46. The summed E-state index contributed by atoms with van der Waals surface area (Å²) < 4.78 is 44.9. The van der Waals surface area contributed by atoms with Crippen molar-refractivity contribution in [1.29, 1.82) is 0 Å². The molecule has 150 valence electrons. The van der Waals surface area contributed by atoms with E-state index in [9.17, 15) is 22.8 Å². The highest BCUT2D eigenvalue weighted by molar-refractivity contribution is 6.06. The van der Waals surface area contributed by atoms with Gasteiger partial charge in [-0.1, -0.05) is 36.4 Å².